The molecule has 0 aliphatic carbocycles. The van der Waals surface area contributed by atoms with Gasteiger partial charge in [0.1, 0.15) is 18.5 Å². The average Bonchev–Trinajstić information content (AvgIpc) is 2.72. The standard InChI is InChI=1S/C12H11NO8/c1-6-2-8(20-11(14)15)3-7(10(6)13(17)18)4-9-5-19-12(16)21-9/h2-3,9H,4-5H2,1H3,(H,14,15). The number of ether oxygens (including phenoxy) is 3. The Morgan fingerprint density at radius 3 is 2.81 bits per heavy atom. The zero-order valence-corrected chi connectivity index (χ0v) is 10.9. The molecule has 0 aromatic heterocycles. The summed E-state index contributed by atoms with van der Waals surface area (Å²) in [5, 5.41) is 19.7. The number of nitro benzene ring substituents is 1. The van der Waals surface area contributed by atoms with Crippen LogP contribution in [-0.2, 0) is 15.9 Å². The van der Waals surface area contributed by atoms with Crippen molar-refractivity contribution in [3.8, 4) is 5.75 Å². The lowest BCUT2D eigenvalue weighted by molar-refractivity contribution is -0.386. The van der Waals surface area contributed by atoms with Gasteiger partial charge in [-0.05, 0) is 19.1 Å². The maximum Gasteiger partial charge on any atom is 0.511 e. The Kier molecular flexibility index (Phi) is 3.92. The highest BCUT2D eigenvalue weighted by atomic mass is 16.8. The minimum atomic E-state index is -1.52. The van der Waals surface area contributed by atoms with Gasteiger partial charge in [-0.1, -0.05) is 0 Å². The number of nitro groups is 1. The number of cyclic esters (lactones) is 2. The Labute approximate surface area is 118 Å². The molecule has 1 aromatic rings. The highest BCUT2D eigenvalue weighted by Gasteiger charge is 2.29. The molecule has 2 rings (SSSR count). The smallest absolute Gasteiger partial charge is 0.449 e. The zero-order chi connectivity index (χ0) is 15.6. The molecule has 0 saturated carbocycles. The Morgan fingerprint density at radius 1 is 1.57 bits per heavy atom. The van der Waals surface area contributed by atoms with Crippen LogP contribution in [0.2, 0.25) is 0 Å². The zero-order valence-electron chi connectivity index (χ0n) is 10.9. The number of carbonyl (C=O) groups is 2. The first-order valence-electron chi connectivity index (χ1n) is 5.89. The number of aryl methyl sites for hydroxylation is 1. The summed E-state index contributed by atoms with van der Waals surface area (Å²) >= 11 is 0. The lowest BCUT2D eigenvalue weighted by Gasteiger charge is -2.10. The van der Waals surface area contributed by atoms with Crippen molar-refractivity contribution in [1.82, 2.24) is 0 Å². The lowest BCUT2D eigenvalue weighted by atomic mass is 10.0. The molecule has 1 N–H and O–H groups in total. The molecule has 1 aliphatic rings. The molecule has 1 unspecified atom stereocenters. The second-order valence-corrected chi connectivity index (χ2v) is 4.38. The van der Waals surface area contributed by atoms with Gasteiger partial charge in [0, 0.05) is 17.5 Å². The molecule has 1 saturated heterocycles. The summed E-state index contributed by atoms with van der Waals surface area (Å²) in [6, 6.07) is 2.50. The first-order valence-corrected chi connectivity index (χ1v) is 5.89. The second kappa shape index (κ2) is 5.65. The Hall–Kier alpha value is -2.84. The molecule has 112 valence electrons. The third-order valence-electron chi connectivity index (χ3n) is 2.84. The predicted molar refractivity (Wildman–Crippen MR) is 66.4 cm³/mol. The summed E-state index contributed by atoms with van der Waals surface area (Å²) in [6.07, 6.45) is -2.99. The van der Waals surface area contributed by atoms with Crippen molar-refractivity contribution in [3.05, 3.63) is 33.4 Å². The van der Waals surface area contributed by atoms with Crippen molar-refractivity contribution >= 4 is 18.0 Å². The van der Waals surface area contributed by atoms with Crippen LogP contribution in [0.1, 0.15) is 11.1 Å². The summed E-state index contributed by atoms with van der Waals surface area (Å²) in [4.78, 5) is 32.0. The number of nitrogens with zero attached hydrogens (tertiary/aromatic N) is 1. The maximum atomic E-state index is 11.1. The van der Waals surface area contributed by atoms with E-state index in [1.165, 1.54) is 19.1 Å². The molecular weight excluding hydrogens is 286 g/mol. The fourth-order valence-corrected chi connectivity index (χ4v) is 2.10. The number of rotatable bonds is 4. The lowest BCUT2D eigenvalue weighted by Crippen LogP contribution is -2.15. The van der Waals surface area contributed by atoms with Crippen molar-refractivity contribution in [1.29, 1.82) is 0 Å². The van der Waals surface area contributed by atoms with Crippen molar-refractivity contribution in [2.24, 2.45) is 0 Å². The van der Waals surface area contributed by atoms with Gasteiger partial charge in [-0.2, -0.15) is 0 Å². The molecule has 0 bridgehead atoms. The first kappa shape index (κ1) is 14.6. The number of benzene rings is 1. The normalized spacial score (nSPS) is 17.0. The van der Waals surface area contributed by atoms with Crippen molar-refractivity contribution < 1.29 is 33.8 Å². The molecule has 0 spiro atoms. The summed E-state index contributed by atoms with van der Waals surface area (Å²) in [6.45, 7) is 1.45. The van der Waals surface area contributed by atoms with E-state index in [9.17, 15) is 19.7 Å². The quantitative estimate of drug-likeness (QED) is 0.387. The van der Waals surface area contributed by atoms with Crippen molar-refractivity contribution in [2.45, 2.75) is 19.4 Å². The molecule has 9 nitrogen and oxygen atoms in total. The van der Waals surface area contributed by atoms with E-state index in [-0.39, 0.29) is 35.6 Å². The van der Waals surface area contributed by atoms with Crippen LogP contribution in [0.5, 0.6) is 5.75 Å². The molecule has 1 aliphatic heterocycles. The minimum Gasteiger partial charge on any atom is -0.449 e. The number of carbonyl (C=O) groups excluding carboxylic acids is 1. The van der Waals surface area contributed by atoms with Crippen molar-refractivity contribution in [2.75, 3.05) is 6.61 Å². The van der Waals surface area contributed by atoms with Gasteiger partial charge in [0.25, 0.3) is 5.69 Å². The molecule has 21 heavy (non-hydrogen) atoms. The summed E-state index contributed by atoms with van der Waals surface area (Å²) in [7, 11) is 0. The van der Waals surface area contributed by atoms with Crippen LogP contribution >= 0.6 is 0 Å². The summed E-state index contributed by atoms with van der Waals surface area (Å²) < 4.78 is 13.9. The topological polar surface area (TPSA) is 125 Å². The van der Waals surface area contributed by atoms with Crippen LogP contribution in [0.15, 0.2) is 12.1 Å². The van der Waals surface area contributed by atoms with Gasteiger partial charge < -0.3 is 19.3 Å². The first-order chi connectivity index (χ1) is 9.86. The van der Waals surface area contributed by atoms with Gasteiger partial charge in [-0.25, -0.2) is 9.59 Å². The fourth-order valence-electron chi connectivity index (χ4n) is 2.10. The summed E-state index contributed by atoms with van der Waals surface area (Å²) in [5.41, 5.74) is 0.286. The van der Waals surface area contributed by atoms with Gasteiger partial charge in [0.15, 0.2) is 0 Å². The fraction of sp³-hybridized carbons (Fsp3) is 0.333. The van der Waals surface area contributed by atoms with Crippen LogP contribution in [0.3, 0.4) is 0 Å². The number of hydrogen-bond donors (Lipinski definition) is 1. The maximum absolute atomic E-state index is 11.1. The average molecular weight is 297 g/mol. The second-order valence-electron chi connectivity index (χ2n) is 4.38. The van der Waals surface area contributed by atoms with Crippen LogP contribution in [0.25, 0.3) is 0 Å². The minimum absolute atomic E-state index is 0.0148. The van der Waals surface area contributed by atoms with Crippen LogP contribution in [-0.4, -0.2) is 35.1 Å². The predicted octanol–water partition coefficient (Wildman–Crippen LogP) is 2.04. The molecule has 1 aromatic carbocycles. The third-order valence-corrected chi connectivity index (χ3v) is 2.84. The van der Waals surface area contributed by atoms with Crippen LogP contribution in [0.4, 0.5) is 15.3 Å². The Bertz CT molecular complexity index is 612. The van der Waals surface area contributed by atoms with Gasteiger partial charge in [0.05, 0.1) is 4.92 Å². The van der Waals surface area contributed by atoms with Crippen molar-refractivity contribution in [3.63, 3.8) is 0 Å². The number of hydrogen-bond acceptors (Lipinski definition) is 7. The molecule has 0 amide bonds. The van der Waals surface area contributed by atoms with Crippen LogP contribution < -0.4 is 4.74 Å². The van der Waals surface area contributed by atoms with Gasteiger partial charge >= 0.3 is 12.3 Å². The molecular formula is C12H11NO8. The highest BCUT2D eigenvalue weighted by molar-refractivity contribution is 5.64. The molecule has 0 radical (unpaired) electrons. The highest BCUT2D eigenvalue weighted by Crippen LogP contribution is 2.31. The Balaban J connectivity index is 2.34. The molecule has 1 heterocycles. The van der Waals surface area contributed by atoms with Gasteiger partial charge in [-0.15, -0.1) is 0 Å². The van der Waals surface area contributed by atoms with E-state index in [4.69, 9.17) is 9.84 Å². The third kappa shape index (κ3) is 3.38. The van der Waals surface area contributed by atoms with Crippen LogP contribution in [0, 0.1) is 17.0 Å². The SMILES string of the molecule is Cc1cc(OC(=O)O)cc(CC2COC(=O)O2)c1[N+](=O)[O-]. The van der Waals surface area contributed by atoms with E-state index in [1.807, 2.05) is 0 Å². The van der Waals surface area contributed by atoms with E-state index in [0.717, 1.165) is 0 Å². The van der Waals surface area contributed by atoms with Gasteiger partial charge in [0.2, 0.25) is 0 Å². The molecule has 1 fully saturated rings. The van der Waals surface area contributed by atoms with E-state index >= 15 is 0 Å². The number of carboxylic acid groups (broad SMARTS) is 1. The van der Waals surface area contributed by atoms with E-state index < -0.39 is 23.3 Å². The Morgan fingerprint density at radius 2 is 2.29 bits per heavy atom. The van der Waals surface area contributed by atoms with Gasteiger partial charge in [-0.3, -0.25) is 10.1 Å². The van der Waals surface area contributed by atoms with E-state index in [2.05, 4.69) is 9.47 Å². The molecule has 9 heteroatoms. The largest absolute Gasteiger partial charge is 0.511 e. The van der Waals surface area contributed by atoms with E-state index in [0.29, 0.717) is 0 Å². The monoisotopic (exact) mass is 297 g/mol. The van der Waals surface area contributed by atoms with E-state index in [1.54, 1.807) is 0 Å². The molecule has 1 atom stereocenters. The summed E-state index contributed by atoms with van der Waals surface area (Å²) in [5.74, 6) is -0.0363.